The van der Waals surface area contributed by atoms with Gasteiger partial charge < -0.3 is 19.7 Å². The molecule has 6 nitrogen and oxygen atoms in total. The highest BCUT2D eigenvalue weighted by molar-refractivity contribution is 5.89. The second-order valence-electron chi connectivity index (χ2n) is 7.55. The van der Waals surface area contributed by atoms with Crippen molar-refractivity contribution in [1.29, 1.82) is 0 Å². The molecule has 0 spiro atoms. The fourth-order valence-corrected chi connectivity index (χ4v) is 3.89. The maximum atomic E-state index is 13.1. The molecule has 1 aliphatic rings. The number of nitrogens with zero attached hydrogens (tertiary/aromatic N) is 1. The lowest BCUT2D eigenvalue weighted by molar-refractivity contribution is -0.142. The summed E-state index contributed by atoms with van der Waals surface area (Å²) < 4.78 is 11.3. The van der Waals surface area contributed by atoms with Crippen LogP contribution in [0.2, 0.25) is 0 Å². The lowest BCUT2D eigenvalue weighted by Gasteiger charge is -2.34. The standard InChI is InChI=1S/C25H32N2O4/c1-3-30-21-14-13-19(18-22(21)31-4-2)15-16-26-25(29)24(20-10-6-5-7-11-20)27-17-9-8-12-23(27)28/h5-7,10-11,13-14,18,24H,3-4,8-9,12,15-17H2,1-2H3,(H,26,29). The van der Waals surface area contributed by atoms with Crippen LogP contribution in [0.15, 0.2) is 48.5 Å². The van der Waals surface area contributed by atoms with Gasteiger partial charge in [-0.2, -0.15) is 0 Å². The summed E-state index contributed by atoms with van der Waals surface area (Å²) in [5.41, 5.74) is 1.90. The fourth-order valence-electron chi connectivity index (χ4n) is 3.89. The van der Waals surface area contributed by atoms with Crippen molar-refractivity contribution in [3.05, 3.63) is 59.7 Å². The van der Waals surface area contributed by atoms with Gasteiger partial charge in [0, 0.05) is 19.5 Å². The van der Waals surface area contributed by atoms with Crippen LogP contribution in [0.1, 0.15) is 50.3 Å². The summed E-state index contributed by atoms with van der Waals surface area (Å²) in [4.78, 5) is 27.4. The molecule has 1 atom stereocenters. The first-order valence-corrected chi connectivity index (χ1v) is 11.1. The van der Waals surface area contributed by atoms with E-state index in [4.69, 9.17) is 9.47 Å². The molecule has 31 heavy (non-hydrogen) atoms. The largest absolute Gasteiger partial charge is 0.490 e. The maximum absolute atomic E-state index is 13.1. The van der Waals surface area contributed by atoms with Gasteiger partial charge in [-0.05, 0) is 56.4 Å². The molecule has 1 N–H and O–H groups in total. The van der Waals surface area contributed by atoms with E-state index < -0.39 is 6.04 Å². The molecule has 1 aliphatic heterocycles. The number of amides is 2. The van der Waals surface area contributed by atoms with E-state index in [-0.39, 0.29) is 11.8 Å². The Morgan fingerprint density at radius 3 is 2.48 bits per heavy atom. The van der Waals surface area contributed by atoms with Gasteiger partial charge in [0.15, 0.2) is 11.5 Å². The van der Waals surface area contributed by atoms with E-state index in [1.165, 1.54) is 0 Å². The predicted molar refractivity (Wildman–Crippen MR) is 120 cm³/mol. The molecule has 1 saturated heterocycles. The van der Waals surface area contributed by atoms with Crippen LogP contribution in [0.25, 0.3) is 0 Å². The SMILES string of the molecule is CCOc1ccc(CCNC(=O)C(c2ccccc2)N2CCCCC2=O)cc1OCC. The van der Waals surface area contributed by atoms with E-state index in [0.29, 0.717) is 44.9 Å². The minimum atomic E-state index is -0.590. The van der Waals surface area contributed by atoms with Crippen molar-refractivity contribution in [2.45, 2.75) is 45.6 Å². The van der Waals surface area contributed by atoms with Gasteiger partial charge in [-0.3, -0.25) is 9.59 Å². The third kappa shape index (κ3) is 6.00. The lowest BCUT2D eigenvalue weighted by atomic mass is 10.0. The van der Waals surface area contributed by atoms with E-state index in [2.05, 4.69) is 5.32 Å². The Bertz CT molecular complexity index is 869. The summed E-state index contributed by atoms with van der Waals surface area (Å²) in [7, 11) is 0. The van der Waals surface area contributed by atoms with Crippen LogP contribution in [0, 0.1) is 0 Å². The highest BCUT2D eigenvalue weighted by Gasteiger charge is 2.32. The summed E-state index contributed by atoms with van der Waals surface area (Å²) in [5.74, 6) is 1.35. The summed E-state index contributed by atoms with van der Waals surface area (Å²) in [6.07, 6.45) is 2.98. The number of ether oxygens (including phenoxy) is 2. The molecule has 1 unspecified atom stereocenters. The summed E-state index contributed by atoms with van der Waals surface area (Å²) in [6, 6.07) is 14.8. The monoisotopic (exact) mass is 424 g/mol. The van der Waals surface area contributed by atoms with Crippen molar-refractivity contribution in [2.75, 3.05) is 26.3 Å². The number of benzene rings is 2. The highest BCUT2D eigenvalue weighted by atomic mass is 16.5. The molecule has 0 aromatic heterocycles. The topological polar surface area (TPSA) is 67.9 Å². The third-order valence-corrected chi connectivity index (χ3v) is 5.36. The average Bonchev–Trinajstić information content (AvgIpc) is 2.78. The quantitative estimate of drug-likeness (QED) is 0.628. The summed E-state index contributed by atoms with van der Waals surface area (Å²) >= 11 is 0. The number of hydrogen-bond acceptors (Lipinski definition) is 4. The van der Waals surface area contributed by atoms with Crippen molar-refractivity contribution in [3.8, 4) is 11.5 Å². The normalized spacial score (nSPS) is 14.8. The Hall–Kier alpha value is -3.02. The Labute approximate surface area is 184 Å². The Balaban J connectivity index is 1.67. The number of rotatable bonds is 10. The Morgan fingerprint density at radius 2 is 1.77 bits per heavy atom. The minimum absolute atomic E-state index is 0.0446. The molecular weight excluding hydrogens is 392 g/mol. The van der Waals surface area contributed by atoms with E-state index in [1.54, 1.807) is 4.90 Å². The number of carbonyl (C=O) groups excluding carboxylic acids is 2. The van der Waals surface area contributed by atoms with Crippen molar-refractivity contribution in [1.82, 2.24) is 10.2 Å². The molecule has 0 aliphatic carbocycles. The lowest BCUT2D eigenvalue weighted by Crippen LogP contribution is -2.46. The molecule has 0 bridgehead atoms. The van der Waals surface area contributed by atoms with Gasteiger partial charge in [-0.15, -0.1) is 0 Å². The number of hydrogen-bond donors (Lipinski definition) is 1. The second-order valence-corrected chi connectivity index (χ2v) is 7.55. The molecule has 3 rings (SSSR count). The average molecular weight is 425 g/mol. The number of nitrogens with one attached hydrogen (secondary N) is 1. The molecule has 2 amide bonds. The zero-order chi connectivity index (χ0) is 22.1. The third-order valence-electron chi connectivity index (χ3n) is 5.36. The zero-order valence-corrected chi connectivity index (χ0v) is 18.4. The van der Waals surface area contributed by atoms with Crippen molar-refractivity contribution >= 4 is 11.8 Å². The zero-order valence-electron chi connectivity index (χ0n) is 18.4. The fraction of sp³-hybridized carbons (Fsp3) is 0.440. The second kappa shape index (κ2) is 11.4. The van der Waals surface area contributed by atoms with E-state index in [0.717, 1.165) is 29.7 Å². The summed E-state index contributed by atoms with van der Waals surface area (Å²) in [6.45, 7) is 6.10. The first-order chi connectivity index (χ1) is 15.1. The van der Waals surface area contributed by atoms with Crippen LogP contribution in [0.4, 0.5) is 0 Å². The minimum Gasteiger partial charge on any atom is -0.490 e. The van der Waals surface area contributed by atoms with Crippen molar-refractivity contribution in [2.24, 2.45) is 0 Å². The maximum Gasteiger partial charge on any atom is 0.247 e. The van der Waals surface area contributed by atoms with Crippen molar-refractivity contribution in [3.63, 3.8) is 0 Å². The van der Waals surface area contributed by atoms with Gasteiger partial charge in [-0.1, -0.05) is 36.4 Å². The molecule has 0 radical (unpaired) electrons. The molecule has 0 saturated carbocycles. The van der Waals surface area contributed by atoms with Crippen LogP contribution >= 0.6 is 0 Å². The van der Waals surface area contributed by atoms with Gasteiger partial charge in [0.2, 0.25) is 11.8 Å². The van der Waals surface area contributed by atoms with Gasteiger partial charge in [0.25, 0.3) is 0 Å². The van der Waals surface area contributed by atoms with Crippen LogP contribution in [-0.4, -0.2) is 43.0 Å². The molecule has 2 aromatic carbocycles. The molecule has 6 heteroatoms. The summed E-state index contributed by atoms with van der Waals surface area (Å²) in [5, 5.41) is 3.03. The first-order valence-electron chi connectivity index (χ1n) is 11.1. The number of piperidine rings is 1. The first kappa shape index (κ1) is 22.7. The van der Waals surface area contributed by atoms with E-state index in [1.807, 2.05) is 62.4 Å². The van der Waals surface area contributed by atoms with Gasteiger partial charge in [-0.25, -0.2) is 0 Å². The highest BCUT2D eigenvalue weighted by Crippen LogP contribution is 2.29. The molecule has 2 aromatic rings. The number of likely N-dealkylation sites (tertiary alicyclic amines) is 1. The predicted octanol–water partition coefficient (Wildman–Crippen LogP) is 3.90. The van der Waals surface area contributed by atoms with Crippen LogP contribution in [-0.2, 0) is 16.0 Å². The van der Waals surface area contributed by atoms with Gasteiger partial charge >= 0.3 is 0 Å². The van der Waals surface area contributed by atoms with Gasteiger partial charge in [0.05, 0.1) is 13.2 Å². The van der Waals surface area contributed by atoms with E-state index >= 15 is 0 Å². The Kier molecular flexibility index (Phi) is 8.33. The number of carbonyl (C=O) groups is 2. The van der Waals surface area contributed by atoms with Crippen LogP contribution < -0.4 is 14.8 Å². The van der Waals surface area contributed by atoms with Crippen molar-refractivity contribution < 1.29 is 19.1 Å². The molecule has 1 fully saturated rings. The molecule has 166 valence electrons. The smallest absolute Gasteiger partial charge is 0.247 e. The van der Waals surface area contributed by atoms with E-state index in [9.17, 15) is 9.59 Å². The Morgan fingerprint density at radius 1 is 1.03 bits per heavy atom. The van der Waals surface area contributed by atoms with Gasteiger partial charge in [0.1, 0.15) is 6.04 Å². The van der Waals surface area contributed by atoms with Crippen LogP contribution in [0.5, 0.6) is 11.5 Å². The molecular formula is C25H32N2O4. The molecule has 1 heterocycles. The van der Waals surface area contributed by atoms with Crippen LogP contribution in [0.3, 0.4) is 0 Å².